The van der Waals surface area contributed by atoms with E-state index >= 15 is 0 Å². The molecule has 1 aromatic rings. The Hall–Kier alpha value is -1.30. The van der Waals surface area contributed by atoms with Gasteiger partial charge in [-0.25, -0.2) is 9.78 Å². The van der Waals surface area contributed by atoms with Crippen LogP contribution in [0.2, 0.25) is 0 Å². The molecule has 1 aliphatic rings. The van der Waals surface area contributed by atoms with Crippen molar-refractivity contribution in [3.63, 3.8) is 0 Å². The summed E-state index contributed by atoms with van der Waals surface area (Å²) in [5.41, 5.74) is -0.427. The maximum atomic E-state index is 12.1. The average Bonchev–Trinajstić information content (AvgIpc) is 2.88. The van der Waals surface area contributed by atoms with Crippen molar-refractivity contribution in [1.29, 1.82) is 0 Å². The molecule has 1 fully saturated rings. The molecule has 2 rings (SSSR count). The lowest BCUT2D eigenvalue weighted by Gasteiger charge is -2.34. The van der Waals surface area contributed by atoms with Crippen LogP contribution >= 0.6 is 11.3 Å². The van der Waals surface area contributed by atoms with Crippen molar-refractivity contribution in [2.75, 3.05) is 25.0 Å². The van der Waals surface area contributed by atoms with E-state index in [9.17, 15) is 4.79 Å². The minimum absolute atomic E-state index is 0.198. The van der Waals surface area contributed by atoms with E-state index < -0.39 is 5.60 Å². The molecule has 0 saturated carbocycles. The summed E-state index contributed by atoms with van der Waals surface area (Å²) < 4.78 is 5.43. The van der Waals surface area contributed by atoms with Crippen molar-refractivity contribution in [2.24, 2.45) is 5.92 Å². The summed E-state index contributed by atoms with van der Waals surface area (Å²) in [4.78, 5) is 18.1. The lowest BCUT2D eigenvalue weighted by molar-refractivity contribution is 0.0172. The predicted molar refractivity (Wildman–Crippen MR) is 81.1 cm³/mol. The second-order valence-electron chi connectivity index (χ2n) is 6.15. The van der Waals surface area contributed by atoms with E-state index in [4.69, 9.17) is 4.74 Å². The van der Waals surface area contributed by atoms with Gasteiger partial charge in [0.1, 0.15) is 5.60 Å². The number of amides is 1. The first-order chi connectivity index (χ1) is 9.44. The maximum Gasteiger partial charge on any atom is 0.410 e. The fraction of sp³-hybridized carbons (Fsp3) is 0.714. The Morgan fingerprint density at radius 3 is 3.05 bits per heavy atom. The number of hydrogen-bond acceptors (Lipinski definition) is 5. The van der Waals surface area contributed by atoms with Crippen molar-refractivity contribution < 1.29 is 9.53 Å². The highest BCUT2D eigenvalue weighted by Crippen LogP contribution is 2.20. The summed E-state index contributed by atoms with van der Waals surface area (Å²) in [6.07, 6.45) is 3.76. The van der Waals surface area contributed by atoms with E-state index in [1.165, 1.54) is 0 Å². The quantitative estimate of drug-likeness (QED) is 0.931. The maximum absolute atomic E-state index is 12.1. The zero-order valence-electron chi connectivity index (χ0n) is 12.4. The summed E-state index contributed by atoms with van der Waals surface area (Å²) in [7, 11) is 0. The molecular weight excluding hydrogens is 274 g/mol. The Morgan fingerprint density at radius 2 is 2.40 bits per heavy atom. The summed E-state index contributed by atoms with van der Waals surface area (Å²) >= 11 is 1.60. The van der Waals surface area contributed by atoms with Crippen LogP contribution in [0.15, 0.2) is 11.6 Å². The van der Waals surface area contributed by atoms with E-state index in [-0.39, 0.29) is 6.09 Å². The van der Waals surface area contributed by atoms with Gasteiger partial charge in [-0.15, -0.1) is 11.3 Å². The zero-order chi connectivity index (χ0) is 14.6. The Labute approximate surface area is 124 Å². The number of nitrogens with one attached hydrogen (secondary N) is 1. The molecule has 0 bridgehead atoms. The van der Waals surface area contributed by atoms with E-state index in [1.54, 1.807) is 17.5 Å². The third-order valence-corrected chi connectivity index (χ3v) is 3.88. The van der Waals surface area contributed by atoms with Gasteiger partial charge < -0.3 is 15.0 Å². The van der Waals surface area contributed by atoms with Gasteiger partial charge in [-0.05, 0) is 39.5 Å². The van der Waals surface area contributed by atoms with Crippen molar-refractivity contribution in [2.45, 2.75) is 39.2 Å². The smallest absolute Gasteiger partial charge is 0.410 e. The lowest BCUT2D eigenvalue weighted by Crippen LogP contribution is -2.44. The predicted octanol–water partition coefficient (Wildman–Crippen LogP) is 3.20. The Balaban J connectivity index is 1.80. The topological polar surface area (TPSA) is 54.5 Å². The molecule has 5 nitrogen and oxygen atoms in total. The van der Waals surface area contributed by atoms with Gasteiger partial charge in [-0.1, -0.05) is 0 Å². The first-order valence-electron chi connectivity index (χ1n) is 7.05. The molecule has 1 saturated heterocycles. The molecule has 1 atom stereocenters. The molecule has 1 aromatic heterocycles. The van der Waals surface area contributed by atoms with Gasteiger partial charge in [0.2, 0.25) is 0 Å². The molecule has 0 aliphatic carbocycles. The number of anilines is 1. The molecule has 0 radical (unpaired) electrons. The number of rotatable bonds is 3. The number of nitrogens with zero attached hydrogens (tertiary/aromatic N) is 2. The van der Waals surface area contributed by atoms with Crippen LogP contribution < -0.4 is 5.32 Å². The SMILES string of the molecule is CC(C)(C)OC(=O)N1CCC[C@@H](CNc2nccs2)C1. The standard InChI is InChI=1S/C14H23N3O2S/c1-14(2,3)19-13(18)17-7-4-5-11(10-17)9-16-12-15-6-8-20-12/h6,8,11H,4-5,7,9-10H2,1-3H3,(H,15,16)/t11-/m0/s1. The van der Waals surface area contributed by atoms with Gasteiger partial charge in [-0.2, -0.15) is 0 Å². The number of piperidine rings is 1. The fourth-order valence-electron chi connectivity index (χ4n) is 2.27. The molecule has 1 amide bonds. The van der Waals surface area contributed by atoms with Crippen LogP contribution in [0.1, 0.15) is 33.6 Å². The van der Waals surface area contributed by atoms with Gasteiger partial charge in [0, 0.05) is 31.2 Å². The second kappa shape index (κ2) is 6.43. The van der Waals surface area contributed by atoms with E-state index in [0.29, 0.717) is 5.92 Å². The number of carbonyl (C=O) groups is 1. The molecule has 6 heteroatoms. The van der Waals surface area contributed by atoms with Crippen LogP contribution in [-0.2, 0) is 4.74 Å². The van der Waals surface area contributed by atoms with Gasteiger partial charge in [0.05, 0.1) is 0 Å². The lowest BCUT2D eigenvalue weighted by atomic mass is 9.98. The number of likely N-dealkylation sites (tertiary alicyclic amines) is 1. The van der Waals surface area contributed by atoms with Gasteiger partial charge in [0.15, 0.2) is 5.13 Å². The molecule has 1 N–H and O–H groups in total. The van der Waals surface area contributed by atoms with E-state index in [2.05, 4.69) is 10.3 Å². The van der Waals surface area contributed by atoms with Crippen LogP contribution in [0.25, 0.3) is 0 Å². The number of carbonyl (C=O) groups excluding carboxylic acids is 1. The van der Waals surface area contributed by atoms with Crippen molar-refractivity contribution in [3.8, 4) is 0 Å². The number of hydrogen-bond donors (Lipinski definition) is 1. The molecular formula is C14H23N3O2S. The molecule has 112 valence electrons. The van der Waals surface area contributed by atoms with Crippen molar-refractivity contribution in [1.82, 2.24) is 9.88 Å². The first-order valence-corrected chi connectivity index (χ1v) is 7.93. The molecule has 0 aromatic carbocycles. The molecule has 0 spiro atoms. The Morgan fingerprint density at radius 1 is 1.60 bits per heavy atom. The third kappa shape index (κ3) is 4.67. The van der Waals surface area contributed by atoms with Gasteiger partial charge >= 0.3 is 6.09 Å². The average molecular weight is 297 g/mol. The number of ether oxygens (including phenoxy) is 1. The van der Waals surface area contributed by atoms with E-state index in [0.717, 1.165) is 37.6 Å². The van der Waals surface area contributed by atoms with Crippen LogP contribution in [-0.4, -0.2) is 41.2 Å². The Kier molecular flexibility index (Phi) is 4.86. The highest BCUT2D eigenvalue weighted by atomic mass is 32.1. The number of aromatic nitrogens is 1. The Bertz CT molecular complexity index is 428. The summed E-state index contributed by atoms with van der Waals surface area (Å²) in [6, 6.07) is 0. The van der Waals surface area contributed by atoms with Crippen LogP contribution in [0.4, 0.5) is 9.93 Å². The van der Waals surface area contributed by atoms with Gasteiger partial charge in [-0.3, -0.25) is 0 Å². The fourth-order valence-corrected chi connectivity index (χ4v) is 2.81. The van der Waals surface area contributed by atoms with Crippen LogP contribution in [0.3, 0.4) is 0 Å². The summed E-state index contributed by atoms with van der Waals surface area (Å²) in [5, 5.41) is 6.23. The normalized spacial score (nSPS) is 19.8. The first kappa shape index (κ1) is 15.1. The minimum Gasteiger partial charge on any atom is -0.444 e. The van der Waals surface area contributed by atoms with Crippen LogP contribution in [0.5, 0.6) is 0 Å². The molecule has 20 heavy (non-hydrogen) atoms. The highest BCUT2D eigenvalue weighted by Gasteiger charge is 2.27. The summed E-state index contributed by atoms with van der Waals surface area (Å²) in [5.74, 6) is 0.458. The zero-order valence-corrected chi connectivity index (χ0v) is 13.2. The second-order valence-corrected chi connectivity index (χ2v) is 7.05. The highest BCUT2D eigenvalue weighted by molar-refractivity contribution is 7.13. The van der Waals surface area contributed by atoms with Crippen molar-refractivity contribution in [3.05, 3.63) is 11.6 Å². The molecule has 0 unspecified atom stereocenters. The minimum atomic E-state index is -0.427. The molecule has 1 aliphatic heterocycles. The van der Waals surface area contributed by atoms with Crippen molar-refractivity contribution >= 4 is 22.6 Å². The van der Waals surface area contributed by atoms with Gasteiger partial charge in [0.25, 0.3) is 0 Å². The third-order valence-electron chi connectivity index (χ3n) is 3.14. The number of thiazole rings is 1. The van der Waals surface area contributed by atoms with Crippen LogP contribution in [0, 0.1) is 5.92 Å². The monoisotopic (exact) mass is 297 g/mol. The summed E-state index contributed by atoms with van der Waals surface area (Å²) in [6.45, 7) is 8.10. The largest absolute Gasteiger partial charge is 0.444 e. The van der Waals surface area contributed by atoms with E-state index in [1.807, 2.05) is 31.1 Å². The molecule has 2 heterocycles.